The van der Waals surface area contributed by atoms with Gasteiger partial charge in [-0.1, -0.05) is 19.3 Å². The molecule has 0 saturated heterocycles. The lowest BCUT2D eigenvalue weighted by atomic mass is 10.1. The van der Waals surface area contributed by atoms with Crippen molar-refractivity contribution in [2.45, 2.75) is 45.1 Å². The Morgan fingerprint density at radius 2 is 1.46 bits per heavy atom. The molecule has 1 aromatic carbocycles. The van der Waals surface area contributed by atoms with E-state index in [2.05, 4.69) is 4.74 Å². The molecule has 1 N–H and O–H groups in total. The molecule has 0 unspecified atom stereocenters. The fraction of sp³-hybridized carbons (Fsp3) is 0.562. The number of methoxy groups -OCH3 is 1. The van der Waals surface area contributed by atoms with Crippen LogP contribution < -0.4 is 4.74 Å². The smallest absolute Gasteiger partial charge is 0.303 e. The summed E-state index contributed by atoms with van der Waals surface area (Å²) in [6, 6.07) is 0. The van der Waals surface area contributed by atoms with E-state index in [4.69, 9.17) is 9.84 Å². The summed E-state index contributed by atoms with van der Waals surface area (Å²) in [5.41, 5.74) is -0.813. The number of aliphatic carboxylic acids is 1. The zero-order chi connectivity index (χ0) is 18.1. The fourth-order valence-corrected chi connectivity index (χ4v) is 2.15. The van der Waals surface area contributed by atoms with Crippen LogP contribution in [0.5, 0.6) is 5.75 Å². The Labute approximate surface area is 137 Å². The second kappa shape index (κ2) is 10.1. The molecule has 0 atom stereocenters. The number of rotatable bonds is 11. The van der Waals surface area contributed by atoms with E-state index in [1.165, 1.54) is 0 Å². The SMILES string of the molecule is COc1c(F)c(F)c(COCCCCCCCC(=O)O)c(F)c1F. The van der Waals surface area contributed by atoms with Crippen molar-refractivity contribution in [1.29, 1.82) is 0 Å². The van der Waals surface area contributed by atoms with Crippen LogP contribution in [0.2, 0.25) is 0 Å². The fourth-order valence-electron chi connectivity index (χ4n) is 2.15. The predicted octanol–water partition coefficient (Wildman–Crippen LogP) is 4.19. The summed E-state index contributed by atoms with van der Waals surface area (Å²) in [6.45, 7) is -0.415. The molecule has 0 radical (unpaired) electrons. The quantitative estimate of drug-likeness (QED) is 0.369. The summed E-state index contributed by atoms with van der Waals surface area (Å²) in [5, 5.41) is 8.47. The zero-order valence-electron chi connectivity index (χ0n) is 13.3. The summed E-state index contributed by atoms with van der Waals surface area (Å²) >= 11 is 0. The van der Waals surface area contributed by atoms with Crippen LogP contribution in [-0.4, -0.2) is 24.8 Å². The molecule has 0 spiro atoms. The van der Waals surface area contributed by atoms with Crippen molar-refractivity contribution in [1.82, 2.24) is 0 Å². The number of carboxylic acids is 1. The van der Waals surface area contributed by atoms with E-state index in [0.717, 1.165) is 26.4 Å². The highest BCUT2D eigenvalue weighted by molar-refractivity contribution is 5.66. The first-order chi connectivity index (χ1) is 11.4. The molecule has 1 aromatic rings. The van der Waals surface area contributed by atoms with Crippen LogP contribution in [0.15, 0.2) is 0 Å². The van der Waals surface area contributed by atoms with Gasteiger partial charge in [-0.3, -0.25) is 4.79 Å². The number of carboxylic acid groups (broad SMARTS) is 1. The van der Waals surface area contributed by atoms with E-state index < -0.39 is 47.2 Å². The first kappa shape index (κ1) is 20.2. The van der Waals surface area contributed by atoms with Gasteiger partial charge in [0.15, 0.2) is 17.4 Å². The summed E-state index contributed by atoms with van der Waals surface area (Å²) in [7, 11) is 0.910. The van der Waals surface area contributed by atoms with E-state index in [1.807, 2.05) is 0 Å². The van der Waals surface area contributed by atoms with Crippen LogP contribution in [0.4, 0.5) is 17.6 Å². The first-order valence-corrected chi connectivity index (χ1v) is 7.58. The molecule has 0 aliphatic heterocycles. The number of benzene rings is 1. The lowest BCUT2D eigenvalue weighted by molar-refractivity contribution is -0.137. The molecule has 136 valence electrons. The van der Waals surface area contributed by atoms with Gasteiger partial charge in [0, 0.05) is 13.0 Å². The minimum atomic E-state index is -1.59. The zero-order valence-corrected chi connectivity index (χ0v) is 13.3. The summed E-state index contributed by atoms with van der Waals surface area (Å²) in [6.07, 6.45) is 3.66. The van der Waals surface area contributed by atoms with Crippen LogP contribution in [-0.2, 0) is 16.1 Å². The second-order valence-electron chi connectivity index (χ2n) is 5.23. The summed E-state index contributed by atoms with van der Waals surface area (Å²) in [4.78, 5) is 10.3. The molecule has 0 aromatic heterocycles. The first-order valence-electron chi connectivity index (χ1n) is 7.58. The highest BCUT2D eigenvalue weighted by Gasteiger charge is 2.26. The van der Waals surface area contributed by atoms with Crippen LogP contribution in [0.1, 0.15) is 44.1 Å². The van der Waals surface area contributed by atoms with Crippen LogP contribution in [0.3, 0.4) is 0 Å². The third-order valence-electron chi connectivity index (χ3n) is 3.44. The molecule has 0 aliphatic rings. The van der Waals surface area contributed by atoms with Gasteiger partial charge < -0.3 is 14.6 Å². The van der Waals surface area contributed by atoms with Crippen molar-refractivity contribution in [2.24, 2.45) is 0 Å². The van der Waals surface area contributed by atoms with Crippen molar-refractivity contribution >= 4 is 5.97 Å². The highest BCUT2D eigenvalue weighted by atomic mass is 19.2. The van der Waals surface area contributed by atoms with Crippen LogP contribution in [0, 0.1) is 23.3 Å². The lowest BCUT2D eigenvalue weighted by Crippen LogP contribution is -2.08. The van der Waals surface area contributed by atoms with Gasteiger partial charge in [-0.05, 0) is 12.8 Å². The minimum Gasteiger partial charge on any atom is -0.491 e. The van der Waals surface area contributed by atoms with E-state index >= 15 is 0 Å². The maximum atomic E-state index is 13.7. The molecule has 0 fully saturated rings. The number of carbonyl (C=O) groups is 1. The number of unbranched alkanes of at least 4 members (excludes halogenated alkanes) is 4. The molecule has 0 aliphatic carbocycles. The van der Waals surface area contributed by atoms with Crippen molar-refractivity contribution in [3.8, 4) is 5.75 Å². The Hall–Kier alpha value is -1.83. The van der Waals surface area contributed by atoms with Crippen LogP contribution >= 0.6 is 0 Å². The van der Waals surface area contributed by atoms with E-state index in [9.17, 15) is 22.4 Å². The largest absolute Gasteiger partial charge is 0.491 e. The molecule has 24 heavy (non-hydrogen) atoms. The Balaban J connectivity index is 2.37. The molecular formula is C16H20F4O4. The average molecular weight is 352 g/mol. The Kier molecular flexibility index (Phi) is 8.53. The topological polar surface area (TPSA) is 55.8 Å². The molecule has 0 heterocycles. The normalized spacial score (nSPS) is 10.9. The molecule has 4 nitrogen and oxygen atoms in total. The van der Waals surface area contributed by atoms with Crippen molar-refractivity contribution in [2.75, 3.05) is 13.7 Å². The lowest BCUT2D eigenvalue weighted by Gasteiger charge is -2.11. The van der Waals surface area contributed by atoms with Gasteiger partial charge in [0.25, 0.3) is 0 Å². The number of ether oxygens (including phenoxy) is 2. The van der Waals surface area contributed by atoms with Gasteiger partial charge in [-0.2, -0.15) is 8.78 Å². The number of hydrogen-bond donors (Lipinski definition) is 1. The Morgan fingerprint density at radius 3 is 2.00 bits per heavy atom. The molecule has 0 bridgehead atoms. The maximum absolute atomic E-state index is 13.7. The highest BCUT2D eigenvalue weighted by Crippen LogP contribution is 2.30. The Bertz CT molecular complexity index is 534. The standard InChI is InChI=1S/C16H20F4O4/c1-23-16-14(19)12(17)10(13(18)15(16)20)9-24-8-6-4-2-3-5-7-11(21)22/h2-9H2,1H3,(H,21,22). The molecule has 0 amide bonds. The van der Waals surface area contributed by atoms with Crippen LogP contribution in [0.25, 0.3) is 0 Å². The third-order valence-corrected chi connectivity index (χ3v) is 3.44. The van der Waals surface area contributed by atoms with Crippen molar-refractivity contribution < 1.29 is 36.9 Å². The number of halogens is 4. The van der Waals surface area contributed by atoms with Gasteiger partial charge in [0.2, 0.25) is 11.6 Å². The second-order valence-corrected chi connectivity index (χ2v) is 5.23. The van der Waals surface area contributed by atoms with Gasteiger partial charge in [0.05, 0.1) is 19.3 Å². The summed E-state index contributed by atoms with van der Waals surface area (Å²) < 4.78 is 63.7. The monoisotopic (exact) mass is 352 g/mol. The number of hydrogen-bond acceptors (Lipinski definition) is 3. The molecule has 0 saturated carbocycles. The van der Waals surface area contributed by atoms with Gasteiger partial charge >= 0.3 is 5.97 Å². The Morgan fingerprint density at radius 1 is 0.917 bits per heavy atom. The maximum Gasteiger partial charge on any atom is 0.303 e. The average Bonchev–Trinajstić information content (AvgIpc) is 2.54. The van der Waals surface area contributed by atoms with Gasteiger partial charge in [-0.25, -0.2) is 8.78 Å². The molecule has 8 heteroatoms. The van der Waals surface area contributed by atoms with Gasteiger partial charge in [-0.15, -0.1) is 0 Å². The van der Waals surface area contributed by atoms with E-state index in [0.29, 0.717) is 12.8 Å². The summed E-state index contributed by atoms with van der Waals surface area (Å²) in [5.74, 6) is -8.17. The molecular weight excluding hydrogens is 332 g/mol. The predicted molar refractivity (Wildman–Crippen MR) is 77.8 cm³/mol. The third kappa shape index (κ3) is 5.67. The van der Waals surface area contributed by atoms with E-state index in [1.54, 1.807) is 0 Å². The van der Waals surface area contributed by atoms with E-state index in [-0.39, 0.29) is 13.0 Å². The van der Waals surface area contributed by atoms with Gasteiger partial charge in [0.1, 0.15) is 0 Å². The molecule has 1 rings (SSSR count). The van der Waals surface area contributed by atoms with Crippen molar-refractivity contribution in [3.63, 3.8) is 0 Å². The minimum absolute atomic E-state index is 0.129. The van der Waals surface area contributed by atoms with Crippen molar-refractivity contribution in [3.05, 3.63) is 28.8 Å².